The highest BCUT2D eigenvalue weighted by molar-refractivity contribution is 6.15. The molecule has 6 heteroatoms. The van der Waals surface area contributed by atoms with Gasteiger partial charge in [-0.2, -0.15) is 5.10 Å². The number of hydrogen-bond donors (Lipinski definition) is 1. The fourth-order valence-electron chi connectivity index (χ4n) is 3.48. The Balaban J connectivity index is 1.45. The molecule has 0 aliphatic heterocycles. The molecule has 0 fully saturated rings. The zero-order valence-corrected chi connectivity index (χ0v) is 15.5. The Hall–Kier alpha value is -4.06. The largest absolute Gasteiger partial charge is 0.348 e. The summed E-state index contributed by atoms with van der Waals surface area (Å²) in [6.45, 7) is 0.386. The fraction of sp³-hybridized carbons (Fsp3) is 0.0435. The maximum absolute atomic E-state index is 13.0. The zero-order chi connectivity index (χ0) is 19.6. The van der Waals surface area contributed by atoms with Crippen LogP contribution in [0.4, 0.5) is 0 Å². The minimum atomic E-state index is -0.156. The van der Waals surface area contributed by atoms with Gasteiger partial charge in [0.1, 0.15) is 0 Å². The average molecular weight is 379 g/mol. The van der Waals surface area contributed by atoms with Crippen LogP contribution in [0.2, 0.25) is 0 Å². The average Bonchev–Trinajstić information content (AvgIpc) is 3.32. The topological polar surface area (TPSA) is 72.7 Å². The van der Waals surface area contributed by atoms with E-state index in [9.17, 15) is 4.79 Å². The Kier molecular flexibility index (Phi) is 4.22. The molecule has 0 unspecified atom stereocenters. The van der Waals surface area contributed by atoms with E-state index in [2.05, 4.69) is 26.4 Å². The number of nitrogens with zero attached hydrogens (tertiary/aromatic N) is 4. The summed E-state index contributed by atoms with van der Waals surface area (Å²) < 4.78 is 1.69. The van der Waals surface area contributed by atoms with Crippen molar-refractivity contribution < 1.29 is 4.79 Å². The summed E-state index contributed by atoms with van der Waals surface area (Å²) in [5.41, 5.74) is 2.22. The Morgan fingerprint density at radius 1 is 0.897 bits per heavy atom. The maximum atomic E-state index is 13.0. The molecule has 3 aromatic heterocycles. The quantitative estimate of drug-likeness (QED) is 0.481. The molecule has 0 aliphatic rings. The number of aromatic nitrogens is 4. The van der Waals surface area contributed by atoms with Crippen LogP contribution in [-0.4, -0.2) is 25.7 Å². The summed E-state index contributed by atoms with van der Waals surface area (Å²) in [6, 6.07) is 19.5. The molecule has 2 aromatic carbocycles. The lowest BCUT2D eigenvalue weighted by Crippen LogP contribution is -2.23. The first-order chi connectivity index (χ1) is 14.3. The van der Waals surface area contributed by atoms with Crippen molar-refractivity contribution in [1.82, 2.24) is 25.1 Å². The highest BCUT2D eigenvalue weighted by Gasteiger charge is 2.14. The molecule has 5 aromatic rings. The molecule has 1 N–H and O–H groups in total. The van der Waals surface area contributed by atoms with Crippen LogP contribution < -0.4 is 5.32 Å². The van der Waals surface area contributed by atoms with E-state index in [-0.39, 0.29) is 5.91 Å². The van der Waals surface area contributed by atoms with Gasteiger partial charge < -0.3 is 5.32 Å². The van der Waals surface area contributed by atoms with Crippen LogP contribution in [0, 0.1) is 0 Å². The van der Waals surface area contributed by atoms with Gasteiger partial charge in [0.05, 0.1) is 11.1 Å². The highest BCUT2D eigenvalue weighted by Crippen LogP contribution is 2.27. The maximum Gasteiger partial charge on any atom is 0.253 e. The standard InChI is InChI=1S/C23H17N5O/c29-23(26-15-16-8-11-24-21(13-16)28-12-4-10-27-28)20-14-17-5-1-2-6-18(17)19-7-3-9-25-22(19)20/h1-14H,15H2,(H,26,29). The van der Waals surface area contributed by atoms with Crippen LogP contribution in [-0.2, 0) is 6.54 Å². The van der Waals surface area contributed by atoms with Gasteiger partial charge in [-0.1, -0.05) is 30.3 Å². The Labute approximate surface area is 166 Å². The lowest BCUT2D eigenvalue weighted by Gasteiger charge is -2.11. The van der Waals surface area contributed by atoms with E-state index in [4.69, 9.17) is 0 Å². The van der Waals surface area contributed by atoms with Crippen LogP contribution in [0.25, 0.3) is 27.5 Å². The first kappa shape index (κ1) is 17.1. The second-order valence-corrected chi connectivity index (χ2v) is 6.70. The third kappa shape index (κ3) is 3.21. The number of carbonyl (C=O) groups excluding carboxylic acids is 1. The normalized spacial score (nSPS) is 11.0. The van der Waals surface area contributed by atoms with E-state index in [0.717, 1.165) is 21.7 Å². The Morgan fingerprint density at radius 2 is 1.79 bits per heavy atom. The van der Waals surface area contributed by atoms with Gasteiger partial charge in [0.25, 0.3) is 5.91 Å². The van der Waals surface area contributed by atoms with E-state index in [1.165, 1.54) is 0 Å². The van der Waals surface area contributed by atoms with Gasteiger partial charge in [-0.05, 0) is 46.7 Å². The van der Waals surface area contributed by atoms with Crippen molar-refractivity contribution in [1.29, 1.82) is 0 Å². The second-order valence-electron chi connectivity index (χ2n) is 6.70. The van der Waals surface area contributed by atoms with Gasteiger partial charge in [-0.3, -0.25) is 9.78 Å². The molecular weight excluding hydrogens is 362 g/mol. The SMILES string of the molecule is O=C(NCc1ccnc(-n2cccn2)c1)c1cc2ccccc2c2cccnc12. The lowest BCUT2D eigenvalue weighted by molar-refractivity contribution is 0.0952. The first-order valence-electron chi connectivity index (χ1n) is 9.29. The van der Waals surface area contributed by atoms with Crippen molar-refractivity contribution in [2.75, 3.05) is 0 Å². The monoisotopic (exact) mass is 379 g/mol. The number of amides is 1. The number of pyridine rings is 2. The van der Waals surface area contributed by atoms with E-state index in [1.54, 1.807) is 23.3 Å². The zero-order valence-electron chi connectivity index (χ0n) is 15.5. The van der Waals surface area contributed by atoms with Crippen molar-refractivity contribution >= 4 is 27.6 Å². The number of fused-ring (bicyclic) bond motifs is 3. The minimum absolute atomic E-state index is 0.156. The van der Waals surface area contributed by atoms with Gasteiger partial charge in [0.15, 0.2) is 5.82 Å². The molecule has 140 valence electrons. The summed E-state index contributed by atoms with van der Waals surface area (Å²) >= 11 is 0. The van der Waals surface area contributed by atoms with Crippen LogP contribution in [0.1, 0.15) is 15.9 Å². The van der Waals surface area contributed by atoms with Crippen LogP contribution >= 0.6 is 0 Å². The number of benzene rings is 2. The summed E-state index contributed by atoms with van der Waals surface area (Å²) in [6.07, 6.45) is 6.96. The van der Waals surface area contributed by atoms with Crippen molar-refractivity contribution in [3.63, 3.8) is 0 Å². The van der Waals surface area contributed by atoms with Crippen molar-refractivity contribution in [2.45, 2.75) is 6.54 Å². The third-order valence-corrected chi connectivity index (χ3v) is 4.86. The van der Waals surface area contributed by atoms with E-state index in [0.29, 0.717) is 23.4 Å². The van der Waals surface area contributed by atoms with E-state index >= 15 is 0 Å². The van der Waals surface area contributed by atoms with Crippen molar-refractivity contribution in [2.24, 2.45) is 0 Å². The van der Waals surface area contributed by atoms with Crippen LogP contribution in [0.5, 0.6) is 0 Å². The highest BCUT2D eigenvalue weighted by atomic mass is 16.1. The fourth-order valence-corrected chi connectivity index (χ4v) is 3.48. The third-order valence-electron chi connectivity index (χ3n) is 4.86. The van der Waals surface area contributed by atoms with Gasteiger partial charge >= 0.3 is 0 Å². The van der Waals surface area contributed by atoms with E-state index < -0.39 is 0 Å². The molecule has 6 nitrogen and oxygen atoms in total. The predicted octanol–water partition coefficient (Wildman–Crippen LogP) is 3.90. The Morgan fingerprint density at radius 3 is 2.69 bits per heavy atom. The van der Waals surface area contributed by atoms with E-state index in [1.807, 2.05) is 60.8 Å². The van der Waals surface area contributed by atoms with Gasteiger partial charge in [0, 0.05) is 36.7 Å². The van der Waals surface area contributed by atoms with Crippen LogP contribution in [0.15, 0.2) is 85.5 Å². The summed E-state index contributed by atoms with van der Waals surface area (Å²) in [5.74, 6) is 0.552. The first-order valence-corrected chi connectivity index (χ1v) is 9.29. The molecule has 0 radical (unpaired) electrons. The van der Waals surface area contributed by atoms with Gasteiger partial charge in [-0.15, -0.1) is 0 Å². The summed E-state index contributed by atoms with van der Waals surface area (Å²) in [4.78, 5) is 21.8. The minimum Gasteiger partial charge on any atom is -0.348 e. The molecule has 0 spiro atoms. The van der Waals surface area contributed by atoms with Crippen molar-refractivity contribution in [3.8, 4) is 5.82 Å². The Bertz CT molecular complexity index is 1330. The molecular formula is C23H17N5O. The number of hydrogen-bond acceptors (Lipinski definition) is 4. The molecule has 0 saturated heterocycles. The summed E-state index contributed by atoms with van der Waals surface area (Å²) in [7, 11) is 0. The second kappa shape index (κ2) is 7.16. The van der Waals surface area contributed by atoms with Gasteiger partial charge in [-0.25, -0.2) is 9.67 Å². The predicted molar refractivity (Wildman–Crippen MR) is 112 cm³/mol. The molecule has 0 aliphatic carbocycles. The number of rotatable bonds is 4. The molecule has 0 bridgehead atoms. The smallest absolute Gasteiger partial charge is 0.253 e. The molecule has 3 heterocycles. The summed E-state index contributed by atoms with van der Waals surface area (Å²) in [5, 5.41) is 10.3. The molecule has 0 saturated carbocycles. The van der Waals surface area contributed by atoms with Crippen LogP contribution in [0.3, 0.4) is 0 Å². The molecule has 0 atom stereocenters. The number of carbonyl (C=O) groups is 1. The molecule has 29 heavy (non-hydrogen) atoms. The number of nitrogens with one attached hydrogen (secondary N) is 1. The van der Waals surface area contributed by atoms with Crippen molar-refractivity contribution in [3.05, 3.63) is 96.6 Å². The lowest BCUT2D eigenvalue weighted by atomic mass is 10.0. The molecule has 5 rings (SSSR count). The van der Waals surface area contributed by atoms with Gasteiger partial charge in [0.2, 0.25) is 0 Å². The molecule has 1 amide bonds.